The Kier molecular flexibility index (Phi) is 6.97. The average molecular weight is 446 g/mol. The number of hydrogen-bond donors (Lipinski definition) is 0. The summed E-state index contributed by atoms with van der Waals surface area (Å²) < 4.78 is 33.2. The standard InChI is InChI=1S/C22H27N3O5S/c1-4-30-22(27)20-14-19(15-23(20)2)31(28,29)24(3)16-21(26)25-12-10-18(11-13-25)17-8-6-5-7-9-17/h5-10,14-15H,4,11-13,16H2,1-3H3. The number of nitrogens with zero attached hydrogens (tertiary/aromatic N) is 3. The Labute approximate surface area is 182 Å². The first-order valence-electron chi connectivity index (χ1n) is 10.1. The van der Waals surface area contributed by atoms with Gasteiger partial charge in [-0.3, -0.25) is 4.79 Å². The molecule has 0 fully saturated rings. The second-order valence-corrected chi connectivity index (χ2v) is 9.38. The number of aryl methyl sites for hydroxylation is 1. The van der Waals surface area contributed by atoms with Crippen LogP contribution in [-0.2, 0) is 26.6 Å². The fraction of sp³-hybridized carbons (Fsp3) is 0.364. The van der Waals surface area contributed by atoms with Crippen molar-refractivity contribution in [3.8, 4) is 0 Å². The Bertz CT molecular complexity index is 1090. The van der Waals surface area contributed by atoms with Crippen LogP contribution in [0, 0.1) is 0 Å². The molecule has 0 N–H and O–H groups in total. The smallest absolute Gasteiger partial charge is 0.354 e. The number of rotatable bonds is 7. The van der Waals surface area contributed by atoms with E-state index in [9.17, 15) is 18.0 Å². The highest BCUT2D eigenvalue weighted by Gasteiger charge is 2.28. The Hall–Kier alpha value is -2.91. The third-order valence-electron chi connectivity index (χ3n) is 5.24. The van der Waals surface area contributed by atoms with Crippen molar-refractivity contribution in [1.29, 1.82) is 0 Å². The van der Waals surface area contributed by atoms with Crippen LogP contribution < -0.4 is 0 Å². The minimum absolute atomic E-state index is 0.0572. The lowest BCUT2D eigenvalue weighted by molar-refractivity contribution is -0.130. The number of ether oxygens (including phenoxy) is 1. The molecule has 8 nitrogen and oxygen atoms in total. The molecule has 0 spiro atoms. The molecule has 0 radical (unpaired) electrons. The van der Waals surface area contributed by atoms with Crippen LogP contribution in [0.2, 0.25) is 0 Å². The van der Waals surface area contributed by atoms with E-state index >= 15 is 0 Å². The normalized spacial score (nSPS) is 14.5. The second kappa shape index (κ2) is 9.49. The molecule has 0 saturated carbocycles. The molecule has 1 aromatic heterocycles. The summed E-state index contributed by atoms with van der Waals surface area (Å²) in [6, 6.07) is 11.3. The Morgan fingerprint density at radius 2 is 1.90 bits per heavy atom. The number of esters is 1. The van der Waals surface area contributed by atoms with E-state index in [-0.39, 0.29) is 29.6 Å². The molecule has 3 rings (SSSR count). The maximum Gasteiger partial charge on any atom is 0.354 e. The summed E-state index contributed by atoms with van der Waals surface area (Å²) >= 11 is 0. The molecular formula is C22H27N3O5S. The molecule has 2 aromatic rings. The van der Waals surface area contributed by atoms with Gasteiger partial charge in [-0.25, -0.2) is 13.2 Å². The monoisotopic (exact) mass is 445 g/mol. The number of amides is 1. The van der Waals surface area contributed by atoms with Gasteiger partial charge in [0.2, 0.25) is 15.9 Å². The number of sulfonamides is 1. The molecule has 31 heavy (non-hydrogen) atoms. The summed E-state index contributed by atoms with van der Waals surface area (Å²) in [5, 5.41) is 0. The van der Waals surface area contributed by atoms with Gasteiger partial charge in [-0.2, -0.15) is 4.31 Å². The lowest BCUT2D eigenvalue weighted by Gasteiger charge is -2.28. The van der Waals surface area contributed by atoms with Gasteiger partial charge in [0.15, 0.2) is 0 Å². The van der Waals surface area contributed by atoms with Crippen molar-refractivity contribution in [2.24, 2.45) is 7.05 Å². The van der Waals surface area contributed by atoms with Crippen molar-refractivity contribution >= 4 is 27.5 Å². The third-order valence-corrected chi connectivity index (χ3v) is 7.01. The molecule has 166 valence electrons. The number of hydrogen-bond acceptors (Lipinski definition) is 5. The molecule has 0 saturated heterocycles. The molecule has 1 aliphatic rings. The van der Waals surface area contributed by atoms with Crippen molar-refractivity contribution in [2.75, 3.05) is 33.3 Å². The lowest BCUT2D eigenvalue weighted by atomic mass is 9.99. The SMILES string of the molecule is CCOC(=O)c1cc(S(=O)(=O)N(C)CC(=O)N2CC=C(c3ccccc3)CC2)cn1C. The third kappa shape index (κ3) is 5.05. The zero-order chi connectivity index (χ0) is 22.6. The van der Waals surface area contributed by atoms with E-state index in [4.69, 9.17) is 4.74 Å². The van der Waals surface area contributed by atoms with Crippen molar-refractivity contribution in [2.45, 2.75) is 18.2 Å². The molecule has 0 aliphatic carbocycles. The molecule has 1 aromatic carbocycles. The number of benzene rings is 1. The molecular weight excluding hydrogens is 418 g/mol. The van der Waals surface area contributed by atoms with Gasteiger partial charge in [0.25, 0.3) is 0 Å². The summed E-state index contributed by atoms with van der Waals surface area (Å²) in [5.41, 5.74) is 2.45. The van der Waals surface area contributed by atoms with Crippen LogP contribution >= 0.6 is 0 Å². The minimum atomic E-state index is -3.93. The van der Waals surface area contributed by atoms with Crippen LogP contribution in [-0.4, -0.2) is 67.4 Å². The molecule has 1 amide bonds. The van der Waals surface area contributed by atoms with Gasteiger partial charge in [0.05, 0.1) is 13.2 Å². The van der Waals surface area contributed by atoms with Gasteiger partial charge in [-0.05, 0) is 30.5 Å². The van der Waals surface area contributed by atoms with E-state index in [2.05, 4.69) is 0 Å². The predicted octanol–water partition coefficient (Wildman–Crippen LogP) is 2.14. The van der Waals surface area contributed by atoms with Crippen LogP contribution in [0.15, 0.2) is 53.6 Å². The van der Waals surface area contributed by atoms with Crippen molar-refractivity contribution in [1.82, 2.24) is 13.8 Å². The van der Waals surface area contributed by atoms with Gasteiger partial charge in [-0.15, -0.1) is 0 Å². The summed E-state index contributed by atoms with van der Waals surface area (Å²) in [6.07, 6.45) is 4.07. The van der Waals surface area contributed by atoms with Crippen LogP contribution in [0.4, 0.5) is 0 Å². The van der Waals surface area contributed by atoms with Crippen LogP contribution in [0.1, 0.15) is 29.4 Å². The molecule has 1 aliphatic heterocycles. The lowest BCUT2D eigenvalue weighted by Crippen LogP contribution is -2.42. The van der Waals surface area contributed by atoms with Crippen LogP contribution in [0.5, 0.6) is 0 Å². The van der Waals surface area contributed by atoms with E-state index < -0.39 is 16.0 Å². The maximum atomic E-state index is 12.9. The van der Waals surface area contributed by atoms with E-state index in [0.717, 1.165) is 9.87 Å². The molecule has 0 atom stereocenters. The number of carbonyl (C=O) groups excluding carboxylic acids is 2. The first kappa shape index (κ1) is 22.8. The number of carbonyl (C=O) groups is 2. The fourth-order valence-corrected chi connectivity index (χ4v) is 4.64. The fourth-order valence-electron chi connectivity index (χ4n) is 3.45. The van der Waals surface area contributed by atoms with Gasteiger partial charge < -0.3 is 14.2 Å². The van der Waals surface area contributed by atoms with Gasteiger partial charge in [0.1, 0.15) is 10.6 Å². The van der Waals surface area contributed by atoms with E-state index in [0.29, 0.717) is 19.5 Å². The quantitative estimate of drug-likeness (QED) is 0.609. The summed E-state index contributed by atoms with van der Waals surface area (Å²) in [6.45, 7) is 2.56. The van der Waals surface area contributed by atoms with E-state index in [1.54, 1.807) is 18.9 Å². The largest absolute Gasteiger partial charge is 0.461 e. The molecule has 9 heteroatoms. The number of aromatic nitrogens is 1. The minimum Gasteiger partial charge on any atom is -0.461 e. The molecule has 2 heterocycles. The highest BCUT2D eigenvalue weighted by atomic mass is 32.2. The number of likely N-dealkylation sites (N-methyl/N-ethyl adjacent to an activating group) is 1. The first-order chi connectivity index (χ1) is 14.7. The molecule has 0 unspecified atom stereocenters. The second-order valence-electron chi connectivity index (χ2n) is 7.34. The summed E-state index contributed by atoms with van der Waals surface area (Å²) in [5.74, 6) is -0.865. The summed E-state index contributed by atoms with van der Waals surface area (Å²) in [7, 11) is -1.00. The predicted molar refractivity (Wildman–Crippen MR) is 117 cm³/mol. The van der Waals surface area contributed by atoms with Crippen molar-refractivity contribution in [3.05, 3.63) is 59.9 Å². The van der Waals surface area contributed by atoms with Crippen molar-refractivity contribution < 1.29 is 22.7 Å². The Balaban J connectivity index is 1.66. The Morgan fingerprint density at radius 3 is 2.52 bits per heavy atom. The first-order valence-corrected chi connectivity index (χ1v) is 11.5. The van der Waals surface area contributed by atoms with E-state index in [1.807, 2.05) is 36.4 Å². The zero-order valence-electron chi connectivity index (χ0n) is 17.9. The maximum absolute atomic E-state index is 12.9. The van der Waals surface area contributed by atoms with Gasteiger partial charge >= 0.3 is 5.97 Å². The van der Waals surface area contributed by atoms with Gasteiger partial charge in [0, 0.05) is 33.4 Å². The molecule has 0 bridgehead atoms. The van der Waals surface area contributed by atoms with Crippen LogP contribution in [0.3, 0.4) is 0 Å². The van der Waals surface area contributed by atoms with Gasteiger partial charge in [-0.1, -0.05) is 36.4 Å². The van der Waals surface area contributed by atoms with Crippen LogP contribution in [0.25, 0.3) is 5.57 Å². The average Bonchev–Trinajstić information content (AvgIpc) is 3.17. The zero-order valence-corrected chi connectivity index (χ0v) is 18.8. The highest BCUT2D eigenvalue weighted by Crippen LogP contribution is 2.23. The van der Waals surface area contributed by atoms with E-state index in [1.165, 1.54) is 29.5 Å². The Morgan fingerprint density at radius 1 is 1.19 bits per heavy atom. The van der Waals surface area contributed by atoms with Crippen molar-refractivity contribution in [3.63, 3.8) is 0 Å². The summed E-state index contributed by atoms with van der Waals surface area (Å²) in [4.78, 5) is 26.3. The topological polar surface area (TPSA) is 88.9 Å². The highest BCUT2D eigenvalue weighted by molar-refractivity contribution is 7.89.